The van der Waals surface area contributed by atoms with Crippen LogP contribution in [0.25, 0.3) is 0 Å². The molecule has 0 bridgehead atoms. The van der Waals surface area contributed by atoms with Gasteiger partial charge in [-0.15, -0.1) is 0 Å². The highest BCUT2D eigenvalue weighted by Crippen LogP contribution is 2.39. The summed E-state index contributed by atoms with van der Waals surface area (Å²) in [6, 6.07) is 5.75. The predicted molar refractivity (Wildman–Crippen MR) is 104 cm³/mol. The number of aromatic amines is 1. The lowest BCUT2D eigenvalue weighted by Gasteiger charge is -2.33. The van der Waals surface area contributed by atoms with Gasteiger partial charge < -0.3 is 9.64 Å². The first-order valence-electron chi connectivity index (χ1n) is 10.1. The summed E-state index contributed by atoms with van der Waals surface area (Å²) in [5.41, 5.74) is 2.05. The molecule has 4 rings (SSSR count). The molecular weight excluding hydrogens is 397 g/mol. The number of ether oxygens (including phenoxy) is 1. The Morgan fingerprint density at radius 2 is 1.97 bits per heavy atom. The van der Waals surface area contributed by atoms with E-state index in [1.165, 1.54) is 6.07 Å². The second-order valence-corrected chi connectivity index (χ2v) is 7.88. The number of carbonyl (C=O) groups is 1. The Hall–Kier alpha value is -2.39. The summed E-state index contributed by atoms with van der Waals surface area (Å²) < 4.78 is 45.1. The Kier molecular flexibility index (Phi) is 5.84. The van der Waals surface area contributed by atoms with E-state index in [9.17, 15) is 18.0 Å². The van der Waals surface area contributed by atoms with E-state index in [1.807, 2.05) is 0 Å². The second-order valence-electron chi connectivity index (χ2n) is 7.88. The van der Waals surface area contributed by atoms with Crippen molar-refractivity contribution in [3.8, 4) is 0 Å². The molecule has 1 aromatic heterocycles. The van der Waals surface area contributed by atoms with E-state index in [-0.39, 0.29) is 11.8 Å². The van der Waals surface area contributed by atoms with Crippen LogP contribution in [0, 0.1) is 0 Å². The second kappa shape index (κ2) is 8.39. The molecule has 30 heavy (non-hydrogen) atoms. The van der Waals surface area contributed by atoms with Gasteiger partial charge in [0.2, 0.25) is 0 Å². The number of rotatable bonds is 5. The number of hydrogen-bond donors (Lipinski definition) is 1. The lowest BCUT2D eigenvalue weighted by atomic mass is 9.86. The molecule has 2 aliphatic rings. The van der Waals surface area contributed by atoms with Crippen molar-refractivity contribution in [2.24, 2.45) is 0 Å². The molecule has 2 aliphatic heterocycles. The van der Waals surface area contributed by atoms with E-state index in [0.717, 1.165) is 23.9 Å². The lowest BCUT2D eigenvalue weighted by Crippen LogP contribution is -2.39. The minimum absolute atomic E-state index is 0.149. The summed E-state index contributed by atoms with van der Waals surface area (Å²) >= 11 is 0. The molecule has 0 spiro atoms. The minimum Gasteiger partial charge on any atom is -0.383 e. The number of aromatic nitrogens is 2. The van der Waals surface area contributed by atoms with Crippen molar-refractivity contribution < 1.29 is 22.7 Å². The number of methoxy groups -OCH3 is 1. The molecule has 9 heteroatoms. The highest BCUT2D eigenvalue weighted by molar-refractivity contribution is 5.94. The topological polar surface area (TPSA) is 61.5 Å². The molecule has 0 aliphatic carbocycles. The van der Waals surface area contributed by atoms with Gasteiger partial charge in [0, 0.05) is 45.4 Å². The van der Waals surface area contributed by atoms with Crippen LogP contribution >= 0.6 is 0 Å². The van der Waals surface area contributed by atoms with Crippen LogP contribution in [0.5, 0.6) is 0 Å². The molecule has 2 aromatic rings. The lowest BCUT2D eigenvalue weighted by molar-refractivity contribution is -0.138. The number of carbonyl (C=O) groups excluding carboxylic acids is 1. The number of alkyl halides is 3. The van der Waals surface area contributed by atoms with Crippen LogP contribution in [0.1, 0.15) is 51.6 Å². The number of halogens is 3. The van der Waals surface area contributed by atoms with Gasteiger partial charge in [0.1, 0.15) is 0 Å². The largest absolute Gasteiger partial charge is 0.416 e. The Morgan fingerprint density at radius 3 is 2.67 bits per heavy atom. The Labute approximate surface area is 173 Å². The van der Waals surface area contributed by atoms with Gasteiger partial charge in [-0.1, -0.05) is 18.2 Å². The third-order valence-corrected chi connectivity index (χ3v) is 6.02. The Morgan fingerprint density at radius 1 is 1.23 bits per heavy atom. The van der Waals surface area contributed by atoms with Crippen molar-refractivity contribution in [1.82, 2.24) is 20.0 Å². The van der Waals surface area contributed by atoms with Crippen molar-refractivity contribution in [3.63, 3.8) is 0 Å². The van der Waals surface area contributed by atoms with Crippen molar-refractivity contribution in [2.75, 3.05) is 33.4 Å². The average Bonchev–Trinajstić information content (AvgIpc) is 3.31. The van der Waals surface area contributed by atoms with Gasteiger partial charge in [-0.25, -0.2) is 0 Å². The quantitative estimate of drug-likeness (QED) is 0.802. The molecule has 1 amide bonds. The SMILES string of the molecule is COCCN1Cc2[nH]nc(C(=O)N3CCC(c4ccccc4C(F)(F)F)CC3)c2C1. The molecule has 3 heterocycles. The normalized spacial score (nSPS) is 18.1. The summed E-state index contributed by atoms with van der Waals surface area (Å²) in [6.07, 6.45) is -3.36. The summed E-state index contributed by atoms with van der Waals surface area (Å²) in [5.74, 6) is -0.357. The van der Waals surface area contributed by atoms with Gasteiger partial charge in [0.25, 0.3) is 5.91 Å². The molecule has 1 N–H and O–H groups in total. The average molecular weight is 422 g/mol. The van der Waals surface area contributed by atoms with E-state index in [2.05, 4.69) is 15.1 Å². The molecule has 0 radical (unpaired) electrons. The minimum atomic E-state index is -4.37. The first-order chi connectivity index (χ1) is 14.4. The van der Waals surface area contributed by atoms with Crippen LogP contribution in [-0.4, -0.2) is 59.3 Å². The van der Waals surface area contributed by atoms with Gasteiger partial charge in [-0.2, -0.15) is 18.3 Å². The molecule has 1 aromatic carbocycles. The number of H-pyrrole nitrogens is 1. The van der Waals surface area contributed by atoms with E-state index < -0.39 is 11.7 Å². The molecule has 1 fully saturated rings. The third kappa shape index (κ3) is 4.09. The zero-order valence-electron chi connectivity index (χ0n) is 16.8. The van der Waals surface area contributed by atoms with Gasteiger partial charge >= 0.3 is 6.18 Å². The number of piperidine rings is 1. The molecule has 6 nitrogen and oxygen atoms in total. The summed E-state index contributed by atoms with van der Waals surface area (Å²) in [4.78, 5) is 16.9. The number of nitrogens with zero attached hydrogens (tertiary/aromatic N) is 3. The Balaban J connectivity index is 1.41. The number of hydrogen-bond acceptors (Lipinski definition) is 4. The molecular formula is C21H25F3N4O2. The smallest absolute Gasteiger partial charge is 0.383 e. The fraction of sp³-hybridized carbons (Fsp3) is 0.524. The predicted octanol–water partition coefficient (Wildman–Crippen LogP) is 3.41. The van der Waals surface area contributed by atoms with Crippen LogP contribution < -0.4 is 0 Å². The number of amides is 1. The fourth-order valence-electron chi connectivity index (χ4n) is 4.42. The zero-order chi connectivity index (χ0) is 21.3. The van der Waals surface area contributed by atoms with Crippen molar-refractivity contribution in [3.05, 3.63) is 52.3 Å². The van der Waals surface area contributed by atoms with E-state index in [4.69, 9.17) is 4.74 Å². The van der Waals surface area contributed by atoms with E-state index in [0.29, 0.717) is 56.9 Å². The molecule has 0 atom stereocenters. The van der Waals surface area contributed by atoms with E-state index >= 15 is 0 Å². The van der Waals surface area contributed by atoms with Crippen molar-refractivity contribution in [1.29, 1.82) is 0 Å². The molecule has 0 unspecified atom stereocenters. The highest BCUT2D eigenvalue weighted by Gasteiger charge is 2.37. The van der Waals surface area contributed by atoms with Gasteiger partial charge in [-0.3, -0.25) is 14.8 Å². The van der Waals surface area contributed by atoms with Crippen LogP contribution in [0.4, 0.5) is 13.2 Å². The molecule has 162 valence electrons. The third-order valence-electron chi connectivity index (χ3n) is 6.02. The number of likely N-dealkylation sites (tertiary alicyclic amines) is 1. The van der Waals surface area contributed by atoms with E-state index in [1.54, 1.807) is 24.1 Å². The van der Waals surface area contributed by atoms with Gasteiger partial charge in [-0.05, 0) is 30.4 Å². The summed E-state index contributed by atoms with van der Waals surface area (Å²) in [5, 5.41) is 7.19. The monoisotopic (exact) mass is 422 g/mol. The first-order valence-corrected chi connectivity index (χ1v) is 10.1. The maximum Gasteiger partial charge on any atom is 0.416 e. The number of benzene rings is 1. The molecule has 0 saturated carbocycles. The van der Waals surface area contributed by atoms with Crippen molar-refractivity contribution in [2.45, 2.75) is 38.0 Å². The fourth-order valence-corrected chi connectivity index (χ4v) is 4.42. The van der Waals surface area contributed by atoms with Crippen LogP contribution in [0.2, 0.25) is 0 Å². The Bertz CT molecular complexity index is 904. The number of fused-ring (bicyclic) bond motifs is 1. The van der Waals surface area contributed by atoms with Crippen LogP contribution in [0.15, 0.2) is 24.3 Å². The van der Waals surface area contributed by atoms with Gasteiger partial charge in [0.05, 0.1) is 17.9 Å². The highest BCUT2D eigenvalue weighted by atomic mass is 19.4. The maximum absolute atomic E-state index is 13.3. The maximum atomic E-state index is 13.3. The van der Waals surface area contributed by atoms with Crippen molar-refractivity contribution >= 4 is 5.91 Å². The summed E-state index contributed by atoms with van der Waals surface area (Å²) in [7, 11) is 1.66. The first kappa shape index (κ1) is 20.9. The summed E-state index contributed by atoms with van der Waals surface area (Å²) in [6.45, 7) is 3.58. The zero-order valence-corrected chi connectivity index (χ0v) is 16.8. The number of nitrogens with one attached hydrogen (secondary N) is 1. The van der Waals surface area contributed by atoms with Crippen LogP contribution in [0.3, 0.4) is 0 Å². The van der Waals surface area contributed by atoms with Crippen LogP contribution in [-0.2, 0) is 24.0 Å². The molecule has 1 saturated heterocycles. The van der Waals surface area contributed by atoms with Gasteiger partial charge in [0.15, 0.2) is 5.69 Å². The standard InChI is InChI=1S/C21H25F3N4O2/c1-30-11-10-27-12-16-18(13-27)25-26-19(16)20(29)28-8-6-14(7-9-28)15-4-2-3-5-17(15)21(22,23)24/h2-5,14H,6-13H2,1H3,(H,25,26).